The lowest BCUT2D eigenvalue weighted by atomic mass is 10.1. The molecule has 1 aliphatic rings. The number of nitrogens with one attached hydrogen (secondary N) is 1. The lowest BCUT2D eigenvalue weighted by Crippen LogP contribution is -2.31. The highest BCUT2D eigenvalue weighted by Gasteiger charge is 2.16. The minimum absolute atomic E-state index is 0.496. The third-order valence-electron chi connectivity index (χ3n) is 3.46. The highest BCUT2D eigenvalue weighted by molar-refractivity contribution is 4.69. The summed E-state index contributed by atoms with van der Waals surface area (Å²) in [7, 11) is 2.21. The SMILES string of the molecule is CCCNC(C)CCCN(C)CC1CCCO1. The van der Waals surface area contributed by atoms with Crippen LogP contribution >= 0.6 is 0 Å². The molecule has 1 heterocycles. The first-order chi connectivity index (χ1) is 8.22. The highest BCUT2D eigenvalue weighted by Crippen LogP contribution is 2.13. The smallest absolute Gasteiger partial charge is 0.0702 e. The van der Waals surface area contributed by atoms with Gasteiger partial charge in [-0.05, 0) is 59.2 Å². The quantitative estimate of drug-likeness (QED) is 0.671. The lowest BCUT2D eigenvalue weighted by Gasteiger charge is -2.21. The van der Waals surface area contributed by atoms with Crippen molar-refractivity contribution in [1.29, 1.82) is 0 Å². The summed E-state index contributed by atoms with van der Waals surface area (Å²) >= 11 is 0. The molecule has 1 fully saturated rings. The first kappa shape index (κ1) is 14.9. The van der Waals surface area contributed by atoms with Gasteiger partial charge in [-0.25, -0.2) is 0 Å². The number of likely N-dealkylation sites (N-methyl/N-ethyl adjacent to an activating group) is 1. The van der Waals surface area contributed by atoms with Crippen LogP contribution in [0.2, 0.25) is 0 Å². The van der Waals surface area contributed by atoms with E-state index in [1.165, 1.54) is 38.6 Å². The largest absolute Gasteiger partial charge is 0.377 e. The summed E-state index contributed by atoms with van der Waals surface area (Å²) in [5.41, 5.74) is 0. The second-order valence-electron chi connectivity index (χ2n) is 5.39. The average molecular weight is 242 g/mol. The van der Waals surface area contributed by atoms with Crippen LogP contribution in [0, 0.1) is 0 Å². The van der Waals surface area contributed by atoms with E-state index in [-0.39, 0.29) is 0 Å². The number of hydrogen-bond donors (Lipinski definition) is 1. The van der Waals surface area contributed by atoms with Gasteiger partial charge in [0.2, 0.25) is 0 Å². The second kappa shape index (κ2) is 8.90. The predicted molar refractivity (Wildman–Crippen MR) is 73.5 cm³/mol. The van der Waals surface area contributed by atoms with E-state index >= 15 is 0 Å². The van der Waals surface area contributed by atoms with Crippen molar-refractivity contribution < 1.29 is 4.74 Å². The standard InChI is InChI=1S/C14H30N2O/c1-4-9-15-13(2)7-5-10-16(3)12-14-8-6-11-17-14/h13-15H,4-12H2,1-3H3. The van der Waals surface area contributed by atoms with Crippen molar-refractivity contribution in [2.24, 2.45) is 0 Å². The van der Waals surface area contributed by atoms with E-state index in [9.17, 15) is 0 Å². The molecule has 1 N–H and O–H groups in total. The molecule has 0 radical (unpaired) electrons. The van der Waals surface area contributed by atoms with Crippen LogP contribution in [-0.2, 0) is 4.74 Å². The van der Waals surface area contributed by atoms with Gasteiger partial charge in [0.1, 0.15) is 0 Å². The maximum Gasteiger partial charge on any atom is 0.0702 e. The Hall–Kier alpha value is -0.120. The Balaban J connectivity index is 1.97. The highest BCUT2D eigenvalue weighted by atomic mass is 16.5. The fourth-order valence-corrected chi connectivity index (χ4v) is 2.39. The van der Waals surface area contributed by atoms with Crippen LogP contribution in [0.3, 0.4) is 0 Å². The Morgan fingerprint density at radius 2 is 2.29 bits per heavy atom. The van der Waals surface area contributed by atoms with Crippen molar-refractivity contribution in [2.75, 3.05) is 33.3 Å². The van der Waals surface area contributed by atoms with Crippen molar-refractivity contribution in [2.45, 2.75) is 58.1 Å². The molecule has 0 spiro atoms. The third kappa shape index (κ3) is 7.02. The predicted octanol–water partition coefficient (Wildman–Crippen LogP) is 2.27. The lowest BCUT2D eigenvalue weighted by molar-refractivity contribution is 0.0806. The number of hydrogen-bond acceptors (Lipinski definition) is 3. The monoisotopic (exact) mass is 242 g/mol. The minimum atomic E-state index is 0.496. The maximum atomic E-state index is 5.65. The fourth-order valence-electron chi connectivity index (χ4n) is 2.39. The van der Waals surface area contributed by atoms with E-state index in [0.717, 1.165) is 19.7 Å². The van der Waals surface area contributed by atoms with Crippen LogP contribution in [0.25, 0.3) is 0 Å². The maximum absolute atomic E-state index is 5.65. The van der Waals surface area contributed by atoms with Gasteiger partial charge in [-0.15, -0.1) is 0 Å². The van der Waals surface area contributed by atoms with Gasteiger partial charge in [0.15, 0.2) is 0 Å². The molecule has 3 nitrogen and oxygen atoms in total. The Kier molecular flexibility index (Phi) is 7.82. The normalized spacial score (nSPS) is 22.2. The van der Waals surface area contributed by atoms with E-state index in [1.807, 2.05) is 0 Å². The summed E-state index contributed by atoms with van der Waals surface area (Å²) in [5, 5.41) is 3.54. The molecular formula is C14H30N2O. The molecule has 102 valence electrons. The molecule has 3 heteroatoms. The summed E-state index contributed by atoms with van der Waals surface area (Å²) in [5.74, 6) is 0. The molecule has 0 aliphatic carbocycles. The molecule has 17 heavy (non-hydrogen) atoms. The fraction of sp³-hybridized carbons (Fsp3) is 1.00. The van der Waals surface area contributed by atoms with Crippen molar-refractivity contribution >= 4 is 0 Å². The first-order valence-electron chi connectivity index (χ1n) is 7.26. The van der Waals surface area contributed by atoms with Gasteiger partial charge in [0.25, 0.3) is 0 Å². The van der Waals surface area contributed by atoms with Gasteiger partial charge in [-0.2, -0.15) is 0 Å². The summed E-state index contributed by atoms with van der Waals surface area (Å²) in [6.45, 7) is 8.92. The van der Waals surface area contributed by atoms with Crippen LogP contribution in [0.15, 0.2) is 0 Å². The van der Waals surface area contributed by atoms with Crippen molar-refractivity contribution in [3.8, 4) is 0 Å². The minimum Gasteiger partial charge on any atom is -0.377 e. The zero-order chi connectivity index (χ0) is 12.5. The van der Waals surface area contributed by atoms with Crippen LogP contribution in [0.5, 0.6) is 0 Å². The molecule has 2 unspecified atom stereocenters. The summed E-state index contributed by atoms with van der Waals surface area (Å²) < 4.78 is 5.65. The molecule has 0 saturated carbocycles. The molecule has 1 saturated heterocycles. The zero-order valence-corrected chi connectivity index (χ0v) is 11.9. The Bertz CT molecular complexity index is 181. The average Bonchev–Trinajstić information content (AvgIpc) is 2.79. The van der Waals surface area contributed by atoms with E-state index in [0.29, 0.717) is 12.1 Å². The molecule has 1 aliphatic heterocycles. The van der Waals surface area contributed by atoms with Crippen LogP contribution in [-0.4, -0.2) is 50.3 Å². The first-order valence-corrected chi connectivity index (χ1v) is 7.26. The summed E-state index contributed by atoms with van der Waals surface area (Å²) in [6, 6.07) is 0.658. The van der Waals surface area contributed by atoms with Gasteiger partial charge in [0.05, 0.1) is 6.10 Å². The summed E-state index contributed by atoms with van der Waals surface area (Å²) in [4.78, 5) is 2.42. The third-order valence-corrected chi connectivity index (χ3v) is 3.46. The Labute approximate surface area is 107 Å². The van der Waals surface area contributed by atoms with Crippen molar-refractivity contribution in [3.05, 3.63) is 0 Å². The van der Waals surface area contributed by atoms with E-state index < -0.39 is 0 Å². The number of nitrogens with zero attached hydrogens (tertiary/aromatic N) is 1. The Morgan fingerprint density at radius 3 is 2.94 bits per heavy atom. The molecule has 2 atom stereocenters. The second-order valence-corrected chi connectivity index (χ2v) is 5.39. The van der Waals surface area contributed by atoms with Gasteiger partial charge in [-0.1, -0.05) is 6.92 Å². The van der Waals surface area contributed by atoms with Crippen LogP contribution in [0.4, 0.5) is 0 Å². The zero-order valence-electron chi connectivity index (χ0n) is 11.9. The van der Waals surface area contributed by atoms with Crippen molar-refractivity contribution in [1.82, 2.24) is 10.2 Å². The molecule has 1 rings (SSSR count). The van der Waals surface area contributed by atoms with Gasteiger partial charge in [-0.3, -0.25) is 0 Å². The molecule has 0 bridgehead atoms. The topological polar surface area (TPSA) is 24.5 Å². The van der Waals surface area contributed by atoms with E-state index in [1.54, 1.807) is 0 Å². The summed E-state index contributed by atoms with van der Waals surface area (Å²) in [6.07, 6.45) is 6.77. The van der Waals surface area contributed by atoms with Crippen LogP contribution in [0.1, 0.15) is 46.0 Å². The molecule has 0 aromatic rings. The number of rotatable bonds is 9. The number of ether oxygens (including phenoxy) is 1. The molecule has 0 aromatic carbocycles. The van der Waals surface area contributed by atoms with Gasteiger partial charge < -0.3 is 15.0 Å². The van der Waals surface area contributed by atoms with E-state index in [2.05, 4.69) is 31.1 Å². The molecule has 0 aromatic heterocycles. The molecular weight excluding hydrogens is 212 g/mol. The Morgan fingerprint density at radius 1 is 1.47 bits per heavy atom. The van der Waals surface area contributed by atoms with Gasteiger partial charge in [0, 0.05) is 19.2 Å². The molecule has 0 amide bonds. The van der Waals surface area contributed by atoms with E-state index in [4.69, 9.17) is 4.74 Å². The van der Waals surface area contributed by atoms with Crippen molar-refractivity contribution in [3.63, 3.8) is 0 Å². The van der Waals surface area contributed by atoms with Gasteiger partial charge >= 0.3 is 0 Å². The van der Waals surface area contributed by atoms with Crippen LogP contribution < -0.4 is 5.32 Å².